The Morgan fingerprint density at radius 3 is 2.59 bits per heavy atom. The first-order valence-corrected chi connectivity index (χ1v) is 10.0. The van der Waals surface area contributed by atoms with Crippen LogP contribution in [0.5, 0.6) is 0 Å². The molecule has 1 unspecified atom stereocenters. The maximum absolute atomic E-state index is 14.4. The Kier molecular flexibility index (Phi) is 5.38. The number of amides is 1. The van der Waals surface area contributed by atoms with Crippen LogP contribution in [0.25, 0.3) is 0 Å². The van der Waals surface area contributed by atoms with Gasteiger partial charge in [0.2, 0.25) is 5.91 Å². The summed E-state index contributed by atoms with van der Waals surface area (Å²) in [6, 6.07) is 10.2. The molecular formula is C20H14ClF2N3O2S. The van der Waals surface area contributed by atoms with Gasteiger partial charge in [-0.1, -0.05) is 41.6 Å². The van der Waals surface area contributed by atoms with Crippen molar-refractivity contribution in [2.75, 3.05) is 5.32 Å². The molecule has 0 saturated carbocycles. The number of hydrogen-bond acceptors (Lipinski definition) is 4. The van der Waals surface area contributed by atoms with Crippen molar-refractivity contribution in [2.45, 2.75) is 23.2 Å². The molecule has 2 N–H and O–H groups in total. The SMILES string of the molecule is O=C1CC(c2c(F)cccc2Cl)c2c(nc(SCc3ccc(F)cc3)[nH]c2=O)N1. The first-order chi connectivity index (χ1) is 13.9. The minimum atomic E-state index is -0.833. The third-order valence-corrected chi connectivity index (χ3v) is 5.84. The fourth-order valence-electron chi connectivity index (χ4n) is 3.24. The van der Waals surface area contributed by atoms with E-state index in [0.717, 1.165) is 5.56 Å². The zero-order valence-corrected chi connectivity index (χ0v) is 16.4. The smallest absolute Gasteiger partial charge is 0.257 e. The van der Waals surface area contributed by atoms with E-state index in [1.807, 2.05) is 0 Å². The number of benzene rings is 2. The molecule has 1 aromatic heterocycles. The van der Waals surface area contributed by atoms with E-state index in [0.29, 0.717) is 10.9 Å². The number of hydrogen-bond donors (Lipinski definition) is 2. The third-order valence-electron chi connectivity index (χ3n) is 4.57. The fraction of sp³-hybridized carbons (Fsp3) is 0.150. The van der Waals surface area contributed by atoms with Crippen LogP contribution in [-0.2, 0) is 10.5 Å². The number of anilines is 1. The molecule has 0 fully saturated rings. The molecule has 0 radical (unpaired) electrons. The first kappa shape index (κ1) is 19.6. The van der Waals surface area contributed by atoms with Crippen LogP contribution < -0.4 is 10.9 Å². The second-order valence-electron chi connectivity index (χ2n) is 6.49. The molecule has 29 heavy (non-hydrogen) atoms. The summed E-state index contributed by atoms with van der Waals surface area (Å²) in [6.45, 7) is 0. The van der Waals surface area contributed by atoms with Crippen molar-refractivity contribution in [1.29, 1.82) is 0 Å². The molecule has 3 aromatic rings. The summed E-state index contributed by atoms with van der Waals surface area (Å²) in [6.07, 6.45) is -0.111. The standard InChI is InChI=1S/C20H14ClF2N3O2S/c21-13-2-1-3-14(23)16(13)12-8-15(27)24-18-17(12)19(28)26-20(25-18)29-9-10-4-6-11(22)7-5-10/h1-7,12H,8-9H2,(H2,24,25,26,27,28). The summed E-state index contributed by atoms with van der Waals surface area (Å²) in [5, 5.41) is 3.02. The number of rotatable bonds is 4. The average Bonchev–Trinajstić information content (AvgIpc) is 2.67. The van der Waals surface area contributed by atoms with Gasteiger partial charge in [0.05, 0.1) is 5.56 Å². The lowest BCUT2D eigenvalue weighted by Crippen LogP contribution is -2.31. The van der Waals surface area contributed by atoms with Gasteiger partial charge in [-0.05, 0) is 29.8 Å². The van der Waals surface area contributed by atoms with E-state index in [9.17, 15) is 18.4 Å². The number of nitrogens with one attached hydrogen (secondary N) is 2. The predicted molar refractivity (Wildman–Crippen MR) is 107 cm³/mol. The van der Waals surface area contributed by atoms with Gasteiger partial charge in [-0.2, -0.15) is 0 Å². The van der Waals surface area contributed by atoms with Gasteiger partial charge in [-0.15, -0.1) is 0 Å². The summed E-state index contributed by atoms with van der Waals surface area (Å²) < 4.78 is 27.4. The van der Waals surface area contributed by atoms with Crippen molar-refractivity contribution in [2.24, 2.45) is 0 Å². The number of thioether (sulfide) groups is 1. The molecule has 4 rings (SSSR count). The summed E-state index contributed by atoms with van der Waals surface area (Å²) in [5.41, 5.74) is 0.643. The molecule has 0 spiro atoms. The summed E-state index contributed by atoms with van der Waals surface area (Å²) >= 11 is 7.38. The number of carbonyl (C=O) groups excluding carboxylic acids is 1. The van der Waals surface area contributed by atoms with Gasteiger partial charge in [0.25, 0.3) is 5.56 Å². The average molecular weight is 434 g/mol. The van der Waals surface area contributed by atoms with E-state index in [1.54, 1.807) is 12.1 Å². The molecule has 1 amide bonds. The van der Waals surface area contributed by atoms with E-state index in [2.05, 4.69) is 15.3 Å². The lowest BCUT2D eigenvalue weighted by molar-refractivity contribution is -0.116. The first-order valence-electron chi connectivity index (χ1n) is 8.67. The number of nitrogens with zero attached hydrogens (tertiary/aromatic N) is 1. The highest BCUT2D eigenvalue weighted by atomic mass is 35.5. The highest BCUT2D eigenvalue weighted by molar-refractivity contribution is 7.98. The van der Waals surface area contributed by atoms with Gasteiger partial charge in [-0.25, -0.2) is 13.8 Å². The van der Waals surface area contributed by atoms with Crippen molar-refractivity contribution < 1.29 is 13.6 Å². The minimum Gasteiger partial charge on any atom is -0.310 e. The van der Waals surface area contributed by atoms with E-state index < -0.39 is 17.3 Å². The van der Waals surface area contributed by atoms with Crippen LogP contribution in [0.15, 0.2) is 52.4 Å². The second-order valence-corrected chi connectivity index (χ2v) is 7.86. The molecule has 1 aliphatic rings. The molecular weight excluding hydrogens is 420 g/mol. The van der Waals surface area contributed by atoms with E-state index >= 15 is 0 Å². The Labute approximate surface area is 173 Å². The predicted octanol–water partition coefficient (Wildman–Crippen LogP) is 4.47. The molecule has 0 saturated heterocycles. The third kappa shape index (κ3) is 4.04. The minimum absolute atomic E-state index is 0.0934. The Morgan fingerprint density at radius 2 is 1.86 bits per heavy atom. The van der Waals surface area contributed by atoms with Gasteiger partial charge in [0.15, 0.2) is 5.16 Å². The van der Waals surface area contributed by atoms with Crippen molar-refractivity contribution in [1.82, 2.24) is 9.97 Å². The highest BCUT2D eigenvalue weighted by Gasteiger charge is 2.33. The monoisotopic (exact) mass is 433 g/mol. The molecule has 0 bridgehead atoms. The van der Waals surface area contributed by atoms with Crippen molar-refractivity contribution in [3.8, 4) is 0 Å². The van der Waals surface area contributed by atoms with Crippen LogP contribution in [0.3, 0.4) is 0 Å². The number of carbonyl (C=O) groups is 1. The molecule has 148 valence electrons. The Morgan fingerprint density at radius 1 is 1.10 bits per heavy atom. The molecule has 1 aliphatic heterocycles. The zero-order chi connectivity index (χ0) is 20.5. The number of aromatic nitrogens is 2. The summed E-state index contributed by atoms with van der Waals surface area (Å²) in [5.74, 6) is -1.60. The number of halogens is 3. The summed E-state index contributed by atoms with van der Waals surface area (Å²) in [4.78, 5) is 32.0. The molecule has 2 heterocycles. The largest absolute Gasteiger partial charge is 0.310 e. The van der Waals surface area contributed by atoms with Crippen molar-refractivity contribution >= 4 is 35.1 Å². The fourth-order valence-corrected chi connectivity index (χ4v) is 4.35. The van der Waals surface area contributed by atoms with E-state index in [-0.39, 0.29) is 40.1 Å². The van der Waals surface area contributed by atoms with Crippen LogP contribution in [0.4, 0.5) is 14.6 Å². The zero-order valence-electron chi connectivity index (χ0n) is 14.8. The highest BCUT2D eigenvalue weighted by Crippen LogP contribution is 2.39. The van der Waals surface area contributed by atoms with Crippen molar-refractivity contribution in [3.63, 3.8) is 0 Å². The van der Waals surface area contributed by atoms with Crippen LogP contribution in [0, 0.1) is 11.6 Å². The number of aromatic amines is 1. The maximum Gasteiger partial charge on any atom is 0.257 e. The second kappa shape index (κ2) is 7.96. The van der Waals surface area contributed by atoms with Gasteiger partial charge >= 0.3 is 0 Å². The Balaban J connectivity index is 1.69. The Hall–Kier alpha value is -2.71. The van der Waals surface area contributed by atoms with E-state index in [1.165, 1.54) is 42.1 Å². The van der Waals surface area contributed by atoms with Crippen LogP contribution in [0.2, 0.25) is 5.02 Å². The van der Waals surface area contributed by atoms with Crippen LogP contribution in [0.1, 0.15) is 29.0 Å². The molecule has 2 aromatic carbocycles. The Bertz CT molecular complexity index is 1130. The summed E-state index contributed by atoms with van der Waals surface area (Å²) in [7, 11) is 0. The van der Waals surface area contributed by atoms with E-state index in [4.69, 9.17) is 11.6 Å². The number of H-pyrrole nitrogens is 1. The van der Waals surface area contributed by atoms with Crippen LogP contribution in [-0.4, -0.2) is 15.9 Å². The van der Waals surface area contributed by atoms with Gasteiger partial charge in [-0.3, -0.25) is 9.59 Å². The lowest BCUT2D eigenvalue weighted by Gasteiger charge is -2.25. The molecule has 9 heteroatoms. The van der Waals surface area contributed by atoms with Gasteiger partial charge < -0.3 is 10.3 Å². The van der Waals surface area contributed by atoms with Gasteiger partial charge in [0.1, 0.15) is 17.5 Å². The number of fused-ring (bicyclic) bond motifs is 1. The molecule has 5 nitrogen and oxygen atoms in total. The normalized spacial score (nSPS) is 15.7. The van der Waals surface area contributed by atoms with Crippen molar-refractivity contribution in [3.05, 3.63) is 86.2 Å². The molecule has 1 atom stereocenters. The topological polar surface area (TPSA) is 74.8 Å². The quantitative estimate of drug-likeness (QED) is 0.470. The molecule has 0 aliphatic carbocycles. The van der Waals surface area contributed by atoms with Crippen LogP contribution >= 0.6 is 23.4 Å². The lowest BCUT2D eigenvalue weighted by atomic mass is 9.86. The maximum atomic E-state index is 14.4. The van der Waals surface area contributed by atoms with Gasteiger partial charge in [0, 0.05) is 28.7 Å².